The van der Waals surface area contributed by atoms with E-state index in [1.54, 1.807) is 11.6 Å². The minimum absolute atomic E-state index is 0.196. The Balaban J connectivity index is 1.64. The van der Waals surface area contributed by atoms with Crippen LogP contribution in [-0.2, 0) is 18.4 Å². The molecule has 0 aliphatic carbocycles. The predicted molar refractivity (Wildman–Crippen MR) is 113 cm³/mol. The Morgan fingerprint density at radius 1 is 1.10 bits per heavy atom. The van der Waals surface area contributed by atoms with Gasteiger partial charge in [0.1, 0.15) is 5.69 Å². The Labute approximate surface area is 173 Å². The summed E-state index contributed by atoms with van der Waals surface area (Å²) >= 11 is 0. The van der Waals surface area contributed by atoms with Crippen LogP contribution in [0.5, 0.6) is 0 Å². The van der Waals surface area contributed by atoms with E-state index in [1.807, 2.05) is 67.8 Å². The number of carbonyl (C=O) groups is 1. The zero-order valence-corrected chi connectivity index (χ0v) is 16.7. The van der Waals surface area contributed by atoms with Crippen molar-refractivity contribution >= 4 is 5.91 Å². The van der Waals surface area contributed by atoms with E-state index in [9.17, 15) is 4.79 Å². The van der Waals surface area contributed by atoms with Crippen molar-refractivity contribution in [3.8, 4) is 34.2 Å². The highest BCUT2D eigenvalue weighted by Gasteiger charge is 2.19. The van der Waals surface area contributed by atoms with Gasteiger partial charge in [-0.1, -0.05) is 36.4 Å². The maximum Gasteiger partial charge on any atom is 0.251 e. The van der Waals surface area contributed by atoms with E-state index in [4.69, 9.17) is 10.2 Å². The Morgan fingerprint density at radius 2 is 1.83 bits per heavy atom. The highest BCUT2D eigenvalue weighted by molar-refractivity contribution is 5.81. The first-order valence-corrected chi connectivity index (χ1v) is 9.57. The van der Waals surface area contributed by atoms with Gasteiger partial charge in [-0.05, 0) is 30.7 Å². The third kappa shape index (κ3) is 4.13. The minimum atomic E-state index is -0.549. The van der Waals surface area contributed by atoms with Gasteiger partial charge in [0.05, 0.1) is 11.6 Å². The molecule has 0 aliphatic heterocycles. The Morgan fingerprint density at radius 3 is 2.60 bits per heavy atom. The molecule has 0 bridgehead atoms. The molecule has 1 amide bonds. The molecule has 1 atom stereocenters. The average Bonchev–Trinajstić information content (AvgIpc) is 3.39. The van der Waals surface area contributed by atoms with Crippen LogP contribution in [0.3, 0.4) is 0 Å². The largest absolute Gasteiger partial charge is 0.416 e. The second-order valence-electron chi connectivity index (χ2n) is 7.05. The number of rotatable bonds is 6. The van der Waals surface area contributed by atoms with Crippen molar-refractivity contribution in [3.63, 3.8) is 0 Å². The van der Waals surface area contributed by atoms with Crippen molar-refractivity contribution in [2.24, 2.45) is 12.8 Å². The third-order valence-electron chi connectivity index (χ3n) is 4.59. The van der Waals surface area contributed by atoms with Crippen LogP contribution in [0, 0.1) is 0 Å². The summed E-state index contributed by atoms with van der Waals surface area (Å²) in [6.07, 6.45) is 1.85. The molecule has 8 nitrogen and oxygen atoms in total. The number of nitrogens with one attached hydrogen (secondary N) is 1. The van der Waals surface area contributed by atoms with E-state index in [-0.39, 0.29) is 5.91 Å². The first-order valence-electron chi connectivity index (χ1n) is 9.57. The molecule has 0 fully saturated rings. The predicted octanol–water partition coefficient (Wildman–Crippen LogP) is 2.77. The smallest absolute Gasteiger partial charge is 0.251 e. The number of aryl methyl sites for hydroxylation is 1. The number of carbonyl (C=O) groups excluding carboxylic acids is 1. The first kappa shape index (κ1) is 19.5. The first-order chi connectivity index (χ1) is 14.5. The summed E-state index contributed by atoms with van der Waals surface area (Å²) in [6, 6.07) is 16.9. The summed E-state index contributed by atoms with van der Waals surface area (Å²) in [6.45, 7) is 2.04. The van der Waals surface area contributed by atoms with Gasteiger partial charge in [0, 0.05) is 30.9 Å². The summed E-state index contributed by atoms with van der Waals surface area (Å²) in [4.78, 5) is 11.8. The second-order valence-corrected chi connectivity index (χ2v) is 7.05. The van der Waals surface area contributed by atoms with Crippen LogP contribution in [0.1, 0.15) is 12.5 Å². The fourth-order valence-electron chi connectivity index (χ4n) is 3.07. The molecule has 30 heavy (non-hydrogen) atoms. The number of aromatic nitrogens is 4. The second kappa shape index (κ2) is 8.30. The van der Waals surface area contributed by atoms with Crippen LogP contribution in [0.25, 0.3) is 34.2 Å². The van der Waals surface area contributed by atoms with Crippen LogP contribution >= 0.6 is 0 Å². The highest BCUT2D eigenvalue weighted by Crippen LogP contribution is 2.32. The molecule has 0 spiro atoms. The van der Waals surface area contributed by atoms with E-state index >= 15 is 0 Å². The SMILES string of the molecule is C[C@H](N)C(=O)NCc1cccc(-c2nn(C)cc2-c2nnc(-c3ccccc3)o2)c1. The van der Waals surface area contributed by atoms with E-state index < -0.39 is 6.04 Å². The Kier molecular flexibility index (Phi) is 5.40. The summed E-state index contributed by atoms with van der Waals surface area (Å²) in [5.41, 5.74) is 9.75. The summed E-state index contributed by atoms with van der Waals surface area (Å²) in [5.74, 6) is 0.651. The minimum Gasteiger partial charge on any atom is -0.416 e. The van der Waals surface area contributed by atoms with E-state index in [0.717, 1.165) is 27.9 Å². The Bertz CT molecular complexity index is 1160. The van der Waals surface area contributed by atoms with Gasteiger partial charge in [-0.25, -0.2) is 0 Å². The molecule has 0 aliphatic rings. The van der Waals surface area contributed by atoms with Crippen molar-refractivity contribution in [1.29, 1.82) is 0 Å². The monoisotopic (exact) mass is 402 g/mol. The van der Waals surface area contributed by atoms with Gasteiger partial charge in [-0.15, -0.1) is 10.2 Å². The van der Waals surface area contributed by atoms with Gasteiger partial charge in [0.15, 0.2) is 0 Å². The highest BCUT2D eigenvalue weighted by atomic mass is 16.4. The van der Waals surface area contributed by atoms with Crippen LogP contribution < -0.4 is 11.1 Å². The van der Waals surface area contributed by atoms with Crippen LogP contribution in [0.2, 0.25) is 0 Å². The molecule has 4 aromatic rings. The lowest BCUT2D eigenvalue weighted by molar-refractivity contribution is -0.122. The summed E-state index contributed by atoms with van der Waals surface area (Å²) in [7, 11) is 1.84. The number of hydrogen-bond acceptors (Lipinski definition) is 6. The lowest BCUT2D eigenvalue weighted by Gasteiger charge is -2.09. The quantitative estimate of drug-likeness (QED) is 0.513. The van der Waals surface area contributed by atoms with Gasteiger partial charge in [0.2, 0.25) is 11.8 Å². The molecule has 8 heteroatoms. The van der Waals surface area contributed by atoms with Gasteiger partial charge in [-0.3, -0.25) is 9.48 Å². The van der Waals surface area contributed by atoms with Gasteiger partial charge < -0.3 is 15.5 Å². The van der Waals surface area contributed by atoms with Gasteiger partial charge in [-0.2, -0.15) is 5.10 Å². The molecule has 0 saturated carbocycles. The number of nitrogens with zero attached hydrogens (tertiary/aromatic N) is 4. The van der Waals surface area contributed by atoms with Gasteiger partial charge in [0.25, 0.3) is 5.89 Å². The lowest BCUT2D eigenvalue weighted by atomic mass is 10.0. The van der Waals surface area contributed by atoms with Gasteiger partial charge >= 0.3 is 0 Å². The molecule has 0 saturated heterocycles. The lowest BCUT2D eigenvalue weighted by Crippen LogP contribution is -2.37. The summed E-state index contributed by atoms with van der Waals surface area (Å²) in [5, 5.41) is 15.8. The molecular formula is C22H22N6O2. The van der Waals surface area contributed by atoms with E-state index in [2.05, 4.69) is 20.6 Å². The average molecular weight is 402 g/mol. The molecular weight excluding hydrogens is 380 g/mol. The maximum atomic E-state index is 11.8. The standard InChI is InChI=1S/C22H22N6O2/c1-14(23)20(29)24-12-15-7-6-10-17(11-15)19-18(13-28(2)27-19)22-26-25-21(30-22)16-8-4-3-5-9-16/h3-11,13-14H,12,23H2,1-2H3,(H,24,29)/t14-/m0/s1. The number of nitrogens with two attached hydrogens (primary N) is 1. The number of benzene rings is 2. The zero-order valence-electron chi connectivity index (χ0n) is 16.7. The van der Waals surface area contributed by atoms with Crippen molar-refractivity contribution in [1.82, 2.24) is 25.3 Å². The zero-order chi connectivity index (χ0) is 21.1. The topological polar surface area (TPSA) is 112 Å². The fourth-order valence-corrected chi connectivity index (χ4v) is 3.07. The van der Waals surface area contributed by atoms with Crippen molar-refractivity contribution in [2.45, 2.75) is 19.5 Å². The molecule has 2 aromatic heterocycles. The number of amides is 1. The van der Waals surface area contributed by atoms with Crippen LogP contribution in [0.4, 0.5) is 0 Å². The van der Waals surface area contributed by atoms with Crippen LogP contribution in [-0.4, -0.2) is 31.9 Å². The fraction of sp³-hybridized carbons (Fsp3) is 0.182. The maximum absolute atomic E-state index is 11.8. The molecule has 152 valence electrons. The van der Waals surface area contributed by atoms with Crippen LogP contribution in [0.15, 0.2) is 65.2 Å². The Hall–Kier alpha value is -3.78. The molecule has 0 unspecified atom stereocenters. The molecule has 2 heterocycles. The molecule has 0 radical (unpaired) electrons. The van der Waals surface area contributed by atoms with Crippen molar-refractivity contribution < 1.29 is 9.21 Å². The van der Waals surface area contributed by atoms with E-state index in [0.29, 0.717) is 18.3 Å². The van der Waals surface area contributed by atoms with E-state index in [1.165, 1.54) is 0 Å². The van der Waals surface area contributed by atoms with Crippen molar-refractivity contribution in [3.05, 3.63) is 66.4 Å². The number of hydrogen-bond donors (Lipinski definition) is 2. The van der Waals surface area contributed by atoms with Crippen molar-refractivity contribution in [2.75, 3.05) is 0 Å². The normalized spacial score (nSPS) is 12.0. The third-order valence-corrected chi connectivity index (χ3v) is 4.59. The molecule has 3 N–H and O–H groups in total. The summed E-state index contributed by atoms with van der Waals surface area (Å²) < 4.78 is 7.63. The molecule has 2 aromatic carbocycles. The molecule has 4 rings (SSSR count).